The molecule has 178 valence electrons. The fourth-order valence-corrected chi connectivity index (χ4v) is 7.19. The molecule has 0 aliphatic heterocycles. The van der Waals surface area contributed by atoms with Gasteiger partial charge in [0.25, 0.3) is 0 Å². The Labute approximate surface area is 193 Å². The number of hydrogen-bond donors (Lipinski definition) is 1. The lowest BCUT2D eigenvalue weighted by Crippen LogP contribution is -2.52. The van der Waals surface area contributed by atoms with Gasteiger partial charge in [0, 0.05) is 18.9 Å². The summed E-state index contributed by atoms with van der Waals surface area (Å²) < 4.78 is 21.8. The summed E-state index contributed by atoms with van der Waals surface area (Å²) in [5, 5.41) is 11.8. The Morgan fingerprint density at radius 1 is 1.25 bits per heavy atom. The summed E-state index contributed by atoms with van der Waals surface area (Å²) in [7, 11) is 3.36. The predicted molar refractivity (Wildman–Crippen MR) is 125 cm³/mol. The summed E-state index contributed by atoms with van der Waals surface area (Å²) in [5.74, 6) is 3.17. The molecule has 0 unspecified atom stereocenters. The highest BCUT2D eigenvalue weighted by Gasteiger charge is 2.62. The lowest BCUT2D eigenvalue weighted by molar-refractivity contribution is -0.0681. The third kappa shape index (κ3) is 4.08. The van der Waals surface area contributed by atoms with Crippen molar-refractivity contribution in [1.29, 1.82) is 0 Å². The first kappa shape index (κ1) is 23.6. The lowest BCUT2D eigenvalue weighted by Gasteiger charge is -2.55. The number of ether oxygens (including phenoxy) is 4. The Bertz CT molecular complexity index is 796. The number of methoxy groups -OCH3 is 2. The van der Waals surface area contributed by atoms with Crippen molar-refractivity contribution in [2.75, 3.05) is 34.2 Å². The van der Waals surface area contributed by atoms with Crippen LogP contribution in [-0.2, 0) is 18.9 Å². The molecule has 0 aromatic heterocycles. The van der Waals surface area contributed by atoms with Gasteiger partial charge in [-0.2, -0.15) is 0 Å². The van der Waals surface area contributed by atoms with Crippen LogP contribution in [0.5, 0.6) is 0 Å². The van der Waals surface area contributed by atoms with Crippen molar-refractivity contribution < 1.29 is 24.1 Å². The van der Waals surface area contributed by atoms with Gasteiger partial charge < -0.3 is 24.1 Å². The topological polar surface area (TPSA) is 57.2 Å². The molecule has 0 saturated heterocycles. The van der Waals surface area contributed by atoms with E-state index in [-0.39, 0.29) is 12.2 Å². The molecule has 2 fully saturated rings. The maximum atomic E-state index is 11.8. The molecule has 6 atom stereocenters. The molecule has 0 aromatic rings. The van der Waals surface area contributed by atoms with Gasteiger partial charge in [0.05, 0.1) is 37.9 Å². The molecule has 0 bridgehead atoms. The van der Waals surface area contributed by atoms with Gasteiger partial charge in [0.2, 0.25) is 0 Å². The molecule has 2 saturated carbocycles. The summed E-state index contributed by atoms with van der Waals surface area (Å²) in [6.07, 6.45) is 16.6. The van der Waals surface area contributed by atoms with Crippen LogP contribution in [0.25, 0.3) is 0 Å². The Balaban J connectivity index is 1.62. The van der Waals surface area contributed by atoms with Crippen LogP contribution in [0.15, 0.2) is 47.5 Å². The molecule has 0 radical (unpaired) electrons. The van der Waals surface area contributed by atoms with Gasteiger partial charge >= 0.3 is 0 Å². The van der Waals surface area contributed by atoms with Crippen molar-refractivity contribution >= 4 is 0 Å². The number of rotatable bonds is 8. The summed E-state index contributed by atoms with van der Waals surface area (Å²) in [6, 6.07) is 0. The van der Waals surface area contributed by atoms with Crippen LogP contribution >= 0.6 is 0 Å². The van der Waals surface area contributed by atoms with Crippen molar-refractivity contribution in [3.05, 3.63) is 47.5 Å². The smallest absolute Gasteiger partial charge is 0.146 e. The van der Waals surface area contributed by atoms with Gasteiger partial charge in [-0.15, -0.1) is 0 Å². The van der Waals surface area contributed by atoms with Gasteiger partial charge in [-0.1, -0.05) is 25.2 Å². The Morgan fingerprint density at radius 3 is 2.84 bits per heavy atom. The fraction of sp³-hybridized carbons (Fsp3) is 0.704. The minimum absolute atomic E-state index is 0.206. The highest BCUT2D eigenvalue weighted by atomic mass is 16.7. The normalized spacial score (nSPS) is 39.8. The maximum absolute atomic E-state index is 11.8. The van der Waals surface area contributed by atoms with Crippen LogP contribution in [0.2, 0.25) is 0 Å². The molecular formula is C27H40O5. The van der Waals surface area contributed by atoms with Crippen molar-refractivity contribution in [2.24, 2.45) is 29.1 Å². The summed E-state index contributed by atoms with van der Waals surface area (Å²) in [6.45, 7) is 5.79. The summed E-state index contributed by atoms with van der Waals surface area (Å²) in [5.41, 5.74) is 1.77. The standard InChI is InChI=1S/C27H40O5/c1-5-32-21-8-10-22-19(15-21)7-9-23-24-11-13-27(28,12-6-14-31-18-30-4)26(24,2)16-20(17-29-3)25(22)23/h6-7,12,15,17,22-25,28H,5,8-11,13-14,16,18H2,1-4H3/b12-6-,20-17+/t22-,23-,24-,25+,26-,27-/m0/s1. The molecule has 0 amide bonds. The number of hydrogen-bond acceptors (Lipinski definition) is 5. The molecule has 0 aromatic carbocycles. The molecule has 0 spiro atoms. The molecule has 0 heterocycles. The molecule has 32 heavy (non-hydrogen) atoms. The second-order valence-corrected chi connectivity index (χ2v) is 10.1. The zero-order chi connectivity index (χ0) is 22.8. The lowest BCUT2D eigenvalue weighted by atomic mass is 9.50. The SMILES string of the molecule is CCOC1=CC2=CC[C@@H]3[C@H](/C(=C/OC)C[C@@]4(C)[C@H]3CC[C@@]4(O)/C=C\COCOC)[C@H]2CC1. The third-order valence-corrected chi connectivity index (χ3v) is 8.55. The van der Waals surface area contributed by atoms with Gasteiger partial charge in [-0.05, 0) is 79.9 Å². The number of allylic oxidation sites excluding steroid dienone is 5. The van der Waals surface area contributed by atoms with E-state index in [1.165, 1.54) is 11.1 Å². The average molecular weight is 445 g/mol. The zero-order valence-corrected chi connectivity index (χ0v) is 20.1. The van der Waals surface area contributed by atoms with Gasteiger partial charge in [0.1, 0.15) is 6.79 Å². The highest BCUT2D eigenvalue weighted by molar-refractivity contribution is 5.37. The quantitative estimate of drug-likeness (QED) is 0.243. The van der Waals surface area contributed by atoms with Gasteiger partial charge in [-0.25, -0.2) is 0 Å². The fourth-order valence-electron chi connectivity index (χ4n) is 7.19. The molecule has 5 heteroatoms. The highest BCUT2D eigenvalue weighted by Crippen LogP contribution is 2.66. The predicted octanol–water partition coefficient (Wildman–Crippen LogP) is 5.14. The van der Waals surface area contributed by atoms with E-state index in [0.717, 1.165) is 50.9 Å². The van der Waals surface area contributed by atoms with E-state index in [9.17, 15) is 5.11 Å². The summed E-state index contributed by atoms with van der Waals surface area (Å²) >= 11 is 0. The van der Waals surface area contributed by atoms with E-state index in [0.29, 0.717) is 30.3 Å². The molecule has 4 rings (SSSR count). The third-order valence-electron chi connectivity index (χ3n) is 8.55. The van der Waals surface area contributed by atoms with Crippen LogP contribution in [0, 0.1) is 29.1 Å². The van der Waals surface area contributed by atoms with Crippen LogP contribution in [0.3, 0.4) is 0 Å². The van der Waals surface area contributed by atoms with Gasteiger partial charge in [-0.3, -0.25) is 0 Å². The molecule has 5 nitrogen and oxygen atoms in total. The number of fused-ring (bicyclic) bond motifs is 5. The second kappa shape index (κ2) is 9.74. The Hall–Kier alpha value is -1.56. The largest absolute Gasteiger partial charge is 0.504 e. The van der Waals surface area contributed by atoms with Crippen molar-refractivity contribution in [3.8, 4) is 0 Å². The van der Waals surface area contributed by atoms with E-state index in [4.69, 9.17) is 18.9 Å². The first-order valence-electron chi connectivity index (χ1n) is 12.2. The minimum Gasteiger partial charge on any atom is -0.504 e. The van der Waals surface area contributed by atoms with Crippen molar-refractivity contribution in [2.45, 2.75) is 58.0 Å². The number of aliphatic hydroxyl groups is 1. The molecule has 4 aliphatic carbocycles. The zero-order valence-electron chi connectivity index (χ0n) is 20.1. The second-order valence-electron chi connectivity index (χ2n) is 10.1. The maximum Gasteiger partial charge on any atom is 0.146 e. The van der Waals surface area contributed by atoms with Crippen molar-refractivity contribution in [3.63, 3.8) is 0 Å². The summed E-state index contributed by atoms with van der Waals surface area (Å²) in [4.78, 5) is 0. The van der Waals surface area contributed by atoms with E-state index in [1.54, 1.807) is 14.2 Å². The molecular weight excluding hydrogens is 404 g/mol. The minimum atomic E-state index is -0.829. The first-order valence-corrected chi connectivity index (χ1v) is 12.2. The van der Waals surface area contributed by atoms with Crippen LogP contribution in [0.1, 0.15) is 52.4 Å². The van der Waals surface area contributed by atoms with E-state index < -0.39 is 5.60 Å². The first-order chi connectivity index (χ1) is 15.5. The Morgan fingerprint density at radius 2 is 2.09 bits per heavy atom. The van der Waals surface area contributed by atoms with Crippen LogP contribution in [0.4, 0.5) is 0 Å². The average Bonchev–Trinajstić information content (AvgIpc) is 3.04. The van der Waals surface area contributed by atoms with Crippen LogP contribution < -0.4 is 0 Å². The van der Waals surface area contributed by atoms with Crippen LogP contribution in [-0.4, -0.2) is 44.9 Å². The van der Waals surface area contributed by atoms with E-state index in [1.807, 2.05) is 18.4 Å². The Kier molecular flexibility index (Phi) is 7.18. The van der Waals surface area contributed by atoms with E-state index >= 15 is 0 Å². The van der Waals surface area contributed by atoms with E-state index in [2.05, 4.69) is 26.0 Å². The monoisotopic (exact) mass is 444 g/mol. The van der Waals surface area contributed by atoms with Crippen molar-refractivity contribution in [1.82, 2.24) is 0 Å². The molecule has 4 aliphatic rings. The van der Waals surface area contributed by atoms with Gasteiger partial charge in [0.15, 0.2) is 0 Å². The molecule has 1 N–H and O–H groups in total.